The van der Waals surface area contributed by atoms with Crippen LogP contribution in [0.1, 0.15) is 31.4 Å². The highest BCUT2D eigenvalue weighted by molar-refractivity contribution is 6.34. The van der Waals surface area contributed by atoms with E-state index in [1.807, 2.05) is 0 Å². The summed E-state index contributed by atoms with van der Waals surface area (Å²) in [4.78, 5) is 12.1. The summed E-state index contributed by atoms with van der Waals surface area (Å²) in [6.45, 7) is 1.62. The van der Waals surface area contributed by atoms with Crippen LogP contribution in [0.25, 0.3) is 0 Å². The maximum absolute atomic E-state index is 12.1. The fourth-order valence-corrected chi connectivity index (χ4v) is 2.77. The van der Waals surface area contributed by atoms with E-state index in [-0.39, 0.29) is 12.5 Å². The molecule has 0 heterocycles. The summed E-state index contributed by atoms with van der Waals surface area (Å²) in [5.41, 5.74) is -0.364. The number of hydrogen-bond acceptors (Lipinski definition) is 3. The highest BCUT2D eigenvalue weighted by Crippen LogP contribution is 2.39. The second-order valence-corrected chi connectivity index (χ2v) is 6.32. The third kappa shape index (κ3) is 3.44. The number of benzene rings is 1. The van der Waals surface area contributed by atoms with Gasteiger partial charge < -0.3 is 15.5 Å². The minimum absolute atomic E-state index is 0.160. The Morgan fingerprint density at radius 3 is 2.40 bits per heavy atom. The van der Waals surface area contributed by atoms with E-state index in [0.717, 1.165) is 12.8 Å². The molecule has 1 aromatic rings. The van der Waals surface area contributed by atoms with Crippen LogP contribution < -0.4 is 5.32 Å². The quantitative estimate of drug-likeness (QED) is 0.780. The van der Waals surface area contributed by atoms with Crippen LogP contribution in [0.2, 0.25) is 10.0 Å². The first-order valence-electron chi connectivity index (χ1n) is 6.42. The predicted octanol–water partition coefficient (Wildman–Crippen LogP) is 2.30. The van der Waals surface area contributed by atoms with Crippen LogP contribution in [0, 0.1) is 5.92 Å². The molecule has 1 fully saturated rings. The summed E-state index contributed by atoms with van der Waals surface area (Å²) < 4.78 is 0. The molecule has 0 bridgehead atoms. The Kier molecular flexibility index (Phi) is 4.59. The molecule has 0 aliphatic heterocycles. The highest BCUT2D eigenvalue weighted by atomic mass is 35.5. The van der Waals surface area contributed by atoms with E-state index < -0.39 is 17.6 Å². The average Bonchev–Trinajstić information content (AvgIpc) is 3.21. The minimum atomic E-state index is -1.36. The van der Waals surface area contributed by atoms with Crippen molar-refractivity contribution in [1.29, 1.82) is 0 Å². The van der Waals surface area contributed by atoms with Crippen molar-refractivity contribution in [3.63, 3.8) is 0 Å². The number of amides is 1. The maximum atomic E-state index is 12.1. The van der Waals surface area contributed by atoms with Gasteiger partial charge in [-0.05, 0) is 49.4 Å². The molecule has 0 radical (unpaired) electrons. The molecule has 3 N–H and O–H groups in total. The van der Waals surface area contributed by atoms with Crippen molar-refractivity contribution in [1.82, 2.24) is 5.32 Å². The molecular formula is C14H17Cl2NO3. The smallest absolute Gasteiger partial charge is 0.253 e. The third-order valence-corrected chi connectivity index (χ3v) is 4.10. The summed E-state index contributed by atoms with van der Waals surface area (Å²) in [5, 5.41) is 23.0. The first-order valence-corrected chi connectivity index (χ1v) is 7.18. The zero-order valence-electron chi connectivity index (χ0n) is 11.1. The van der Waals surface area contributed by atoms with Gasteiger partial charge in [0.05, 0.1) is 12.1 Å². The molecule has 0 spiro atoms. The molecule has 1 amide bonds. The molecule has 0 aromatic heterocycles. The van der Waals surface area contributed by atoms with Gasteiger partial charge in [-0.3, -0.25) is 4.79 Å². The van der Waals surface area contributed by atoms with E-state index in [1.165, 1.54) is 18.2 Å². The van der Waals surface area contributed by atoms with Crippen LogP contribution in [0.5, 0.6) is 0 Å². The molecule has 1 aliphatic carbocycles. The fraction of sp³-hybridized carbons (Fsp3) is 0.500. The summed E-state index contributed by atoms with van der Waals surface area (Å²) in [6.07, 6.45) is 0.572. The summed E-state index contributed by atoms with van der Waals surface area (Å²) >= 11 is 11.7. The fourth-order valence-electron chi connectivity index (χ4n) is 2.23. The van der Waals surface area contributed by atoms with Gasteiger partial charge in [0.15, 0.2) is 6.10 Å². The van der Waals surface area contributed by atoms with Gasteiger partial charge in [-0.2, -0.15) is 0 Å². The lowest BCUT2D eigenvalue weighted by atomic mass is 9.96. The molecule has 0 saturated heterocycles. The Balaban J connectivity index is 2.11. The van der Waals surface area contributed by atoms with Crippen molar-refractivity contribution in [2.75, 3.05) is 6.61 Å². The Morgan fingerprint density at radius 1 is 1.40 bits per heavy atom. The largest absolute Gasteiger partial charge is 0.394 e. The monoisotopic (exact) mass is 317 g/mol. The van der Waals surface area contributed by atoms with Crippen LogP contribution in [0.3, 0.4) is 0 Å². The van der Waals surface area contributed by atoms with Gasteiger partial charge in [-0.15, -0.1) is 0 Å². The molecule has 2 unspecified atom stereocenters. The van der Waals surface area contributed by atoms with Crippen molar-refractivity contribution >= 4 is 29.1 Å². The number of carbonyl (C=O) groups excluding carboxylic acids is 1. The van der Waals surface area contributed by atoms with Crippen molar-refractivity contribution in [3.8, 4) is 0 Å². The Bertz CT molecular complexity index is 499. The summed E-state index contributed by atoms with van der Waals surface area (Å²) in [7, 11) is 0. The molecule has 6 heteroatoms. The molecule has 1 saturated carbocycles. The van der Waals surface area contributed by atoms with Gasteiger partial charge in [0.1, 0.15) is 0 Å². The molecule has 4 nitrogen and oxygen atoms in total. The first-order chi connectivity index (χ1) is 9.35. The molecule has 1 aliphatic rings. The van der Waals surface area contributed by atoms with Crippen molar-refractivity contribution < 1.29 is 15.0 Å². The van der Waals surface area contributed by atoms with Gasteiger partial charge in [0, 0.05) is 10.0 Å². The maximum Gasteiger partial charge on any atom is 0.253 e. The van der Waals surface area contributed by atoms with Crippen LogP contribution in [-0.2, 0) is 4.79 Å². The molecular weight excluding hydrogens is 301 g/mol. The number of rotatable bonds is 5. The second-order valence-electron chi connectivity index (χ2n) is 5.44. The van der Waals surface area contributed by atoms with Crippen LogP contribution >= 0.6 is 23.2 Å². The van der Waals surface area contributed by atoms with E-state index in [4.69, 9.17) is 23.2 Å². The topological polar surface area (TPSA) is 69.6 Å². The van der Waals surface area contributed by atoms with E-state index in [0.29, 0.717) is 15.6 Å². The van der Waals surface area contributed by atoms with Crippen LogP contribution in [-0.4, -0.2) is 28.3 Å². The van der Waals surface area contributed by atoms with Gasteiger partial charge in [0.25, 0.3) is 5.91 Å². The Morgan fingerprint density at radius 2 is 1.95 bits per heavy atom. The Labute approximate surface area is 127 Å². The second kappa shape index (κ2) is 5.90. The lowest BCUT2D eigenvalue weighted by Crippen LogP contribution is -2.52. The van der Waals surface area contributed by atoms with E-state index >= 15 is 0 Å². The van der Waals surface area contributed by atoms with E-state index in [9.17, 15) is 15.0 Å². The van der Waals surface area contributed by atoms with Gasteiger partial charge in [0.2, 0.25) is 0 Å². The SMILES string of the molecule is CC(CO)(NC(=O)C(O)c1cc(Cl)cc(Cl)c1)C1CC1. The zero-order chi connectivity index (χ0) is 14.9. The number of aliphatic hydroxyl groups is 2. The standard InChI is InChI=1S/C14H17Cl2NO3/c1-14(7-18,9-2-3-9)17-13(20)12(19)8-4-10(15)6-11(16)5-8/h4-6,9,12,18-19H,2-3,7H2,1H3,(H,17,20). The summed E-state index contributed by atoms with van der Waals surface area (Å²) in [6, 6.07) is 4.51. The molecule has 1 aromatic carbocycles. The van der Waals surface area contributed by atoms with E-state index in [1.54, 1.807) is 6.92 Å². The van der Waals surface area contributed by atoms with Gasteiger partial charge in [-0.1, -0.05) is 23.2 Å². The van der Waals surface area contributed by atoms with E-state index in [2.05, 4.69) is 5.32 Å². The molecule has 20 heavy (non-hydrogen) atoms. The van der Waals surface area contributed by atoms with Gasteiger partial charge in [-0.25, -0.2) is 0 Å². The number of nitrogens with one attached hydrogen (secondary N) is 1. The molecule has 2 rings (SSSR count). The zero-order valence-corrected chi connectivity index (χ0v) is 12.6. The third-order valence-electron chi connectivity index (χ3n) is 3.66. The lowest BCUT2D eigenvalue weighted by Gasteiger charge is -2.30. The normalized spacial score (nSPS) is 19.2. The van der Waals surface area contributed by atoms with Crippen molar-refractivity contribution in [2.24, 2.45) is 5.92 Å². The lowest BCUT2D eigenvalue weighted by molar-refractivity contribution is -0.132. The van der Waals surface area contributed by atoms with Crippen molar-refractivity contribution in [3.05, 3.63) is 33.8 Å². The number of carbonyl (C=O) groups is 1. The number of hydrogen-bond donors (Lipinski definition) is 3. The molecule has 2 atom stereocenters. The summed E-state index contributed by atoms with van der Waals surface area (Å²) in [5.74, 6) is -0.307. The Hall–Kier alpha value is -0.810. The predicted molar refractivity (Wildman–Crippen MR) is 77.8 cm³/mol. The number of aliphatic hydroxyl groups excluding tert-OH is 2. The average molecular weight is 318 g/mol. The minimum Gasteiger partial charge on any atom is -0.394 e. The highest BCUT2D eigenvalue weighted by Gasteiger charge is 2.43. The number of halogens is 2. The molecule has 110 valence electrons. The van der Waals surface area contributed by atoms with Crippen LogP contribution in [0.4, 0.5) is 0 Å². The first kappa shape index (κ1) is 15.6. The van der Waals surface area contributed by atoms with Gasteiger partial charge >= 0.3 is 0 Å². The van der Waals surface area contributed by atoms with Crippen LogP contribution in [0.15, 0.2) is 18.2 Å². The van der Waals surface area contributed by atoms with Crippen molar-refractivity contribution in [2.45, 2.75) is 31.4 Å².